The molecule has 0 heterocycles. The van der Waals surface area contributed by atoms with Crippen LogP contribution in [0.2, 0.25) is 0 Å². The van der Waals surface area contributed by atoms with E-state index < -0.39 is 27.4 Å². The lowest BCUT2D eigenvalue weighted by Crippen LogP contribution is -2.55. The summed E-state index contributed by atoms with van der Waals surface area (Å²) in [5.41, 5.74) is -1.13. The highest BCUT2D eigenvalue weighted by Gasteiger charge is 2.41. The summed E-state index contributed by atoms with van der Waals surface area (Å²) in [6.45, 7) is 0.404. The maximum absolute atomic E-state index is 12.6. The molecule has 0 aromatic heterocycles. The molecule has 2 aliphatic carbocycles. The van der Waals surface area contributed by atoms with Gasteiger partial charge in [-0.05, 0) is 49.8 Å². The van der Waals surface area contributed by atoms with Crippen LogP contribution in [0.4, 0.5) is 0 Å². The average molecular weight is 380 g/mol. The summed E-state index contributed by atoms with van der Waals surface area (Å²) in [5, 5.41) is 12.2. The highest BCUT2D eigenvalue weighted by Crippen LogP contribution is 2.29. The lowest BCUT2D eigenvalue weighted by Gasteiger charge is -2.34. The smallest absolute Gasteiger partial charge is 0.329 e. The first-order valence-electron chi connectivity index (χ1n) is 8.98. The molecule has 0 radical (unpaired) electrons. The van der Waals surface area contributed by atoms with Gasteiger partial charge >= 0.3 is 5.97 Å². The monoisotopic (exact) mass is 380 g/mol. The molecule has 0 aliphatic heterocycles. The second-order valence-corrected chi connectivity index (χ2v) is 8.99. The molecule has 2 aliphatic rings. The van der Waals surface area contributed by atoms with Crippen LogP contribution in [-0.2, 0) is 14.8 Å². The fraction of sp³-hybridized carbons (Fsp3) is 0.556. The van der Waals surface area contributed by atoms with Gasteiger partial charge in [0.25, 0.3) is 5.91 Å². The van der Waals surface area contributed by atoms with Crippen molar-refractivity contribution in [3.63, 3.8) is 0 Å². The Hall–Kier alpha value is -1.93. The molecule has 2 fully saturated rings. The summed E-state index contributed by atoms with van der Waals surface area (Å²) in [5.74, 6) is -1.20. The van der Waals surface area contributed by atoms with Crippen LogP contribution in [0.3, 0.4) is 0 Å². The van der Waals surface area contributed by atoms with Crippen molar-refractivity contribution in [2.75, 3.05) is 6.54 Å². The fourth-order valence-corrected chi connectivity index (χ4v) is 4.44. The highest BCUT2D eigenvalue weighted by atomic mass is 32.2. The van der Waals surface area contributed by atoms with E-state index in [0.29, 0.717) is 25.3 Å². The van der Waals surface area contributed by atoms with Crippen LogP contribution in [0.25, 0.3) is 0 Å². The third-order valence-electron chi connectivity index (χ3n) is 5.13. The van der Waals surface area contributed by atoms with E-state index in [0.717, 1.165) is 32.1 Å². The molecular weight excluding hydrogens is 356 g/mol. The lowest BCUT2D eigenvalue weighted by molar-refractivity contribution is -0.145. The zero-order valence-electron chi connectivity index (χ0n) is 14.5. The van der Waals surface area contributed by atoms with Crippen molar-refractivity contribution in [2.45, 2.75) is 55.4 Å². The van der Waals surface area contributed by atoms with Crippen LogP contribution in [0.1, 0.15) is 55.3 Å². The summed E-state index contributed by atoms with van der Waals surface area (Å²) in [6, 6.07) is 5.71. The van der Waals surface area contributed by atoms with Crippen LogP contribution in [-0.4, -0.2) is 37.5 Å². The molecule has 26 heavy (non-hydrogen) atoms. The van der Waals surface area contributed by atoms with Crippen LogP contribution in [0.5, 0.6) is 0 Å². The highest BCUT2D eigenvalue weighted by molar-refractivity contribution is 7.89. The molecule has 1 aromatic rings. The molecule has 0 saturated heterocycles. The zero-order chi connectivity index (χ0) is 18.8. The Morgan fingerprint density at radius 2 is 1.85 bits per heavy atom. The molecule has 0 atom stereocenters. The van der Waals surface area contributed by atoms with Crippen molar-refractivity contribution in [3.05, 3.63) is 29.8 Å². The Morgan fingerprint density at radius 3 is 2.46 bits per heavy atom. The second kappa shape index (κ2) is 7.36. The van der Waals surface area contributed by atoms with Crippen molar-refractivity contribution in [3.8, 4) is 0 Å². The Morgan fingerprint density at radius 1 is 1.15 bits per heavy atom. The average Bonchev–Trinajstić information content (AvgIpc) is 3.45. The number of carboxylic acids is 1. The number of sulfonamides is 1. The number of rotatable bonds is 7. The second-order valence-electron chi connectivity index (χ2n) is 7.23. The zero-order valence-corrected chi connectivity index (χ0v) is 15.3. The number of benzene rings is 1. The Balaban J connectivity index is 1.76. The number of hydrogen-bond acceptors (Lipinski definition) is 4. The van der Waals surface area contributed by atoms with Gasteiger partial charge in [0.15, 0.2) is 0 Å². The standard InChI is InChI=1S/C18H24N2O5S/c21-16(20-18(17(22)23)9-2-1-3-10-18)14-5-4-6-15(11-14)26(24,25)19-12-13-7-8-13/h4-6,11,13,19H,1-3,7-10,12H2,(H,20,21)(H,22,23). The van der Waals surface area contributed by atoms with Gasteiger partial charge in [-0.2, -0.15) is 0 Å². The van der Waals surface area contributed by atoms with E-state index in [2.05, 4.69) is 10.0 Å². The van der Waals surface area contributed by atoms with E-state index in [4.69, 9.17) is 0 Å². The number of amides is 1. The topological polar surface area (TPSA) is 113 Å². The molecule has 0 spiro atoms. The number of carboxylic acid groups (broad SMARTS) is 1. The lowest BCUT2D eigenvalue weighted by atomic mass is 9.81. The minimum atomic E-state index is -3.68. The largest absolute Gasteiger partial charge is 0.480 e. The Bertz CT molecular complexity index is 796. The Labute approximate surface area is 153 Å². The predicted molar refractivity (Wildman–Crippen MR) is 95.3 cm³/mol. The minimum absolute atomic E-state index is 0.0128. The fourth-order valence-electron chi connectivity index (χ4n) is 3.27. The molecule has 3 rings (SSSR count). The third-order valence-corrected chi connectivity index (χ3v) is 6.56. The van der Waals surface area contributed by atoms with Gasteiger partial charge in [-0.25, -0.2) is 17.9 Å². The normalized spacial score (nSPS) is 19.7. The van der Waals surface area contributed by atoms with Gasteiger partial charge in [-0.3, -0.25) is 4.79 Å². The summed E-state index contributed by atoms with van der Waals surface area (Å²) in [6.07, 6.45) is 5.26. The van der Waals surface area contributed by atoms with Crippen molar-refractivity contribution in [1.82, 2.24) is 10.0 Å². The van der Waals surface area contributed by atoms with Crippen molar-refractivity contribution in [1.29, 1.82) is 0 Å². The van der Waals surface area contributed by atoms with E-state index in [-0.39, 0.29) is 10.5 Å². The van der Waals surface area contributed by atoms with Gasteiger partial charge in [0.1, 0.15) is 5.54 Å². The van der Waals surface area contributed by atoms with E-state index >= 15 is 0 Å². The van der Waals surface area contributed by atoms with Gasteiger partial charge in [0.05, 0.1) is 4.90 Å². The van der Waals surface area contributed by atoms with Gasteiger partial charge < -0.3 is 10.4 Å². The van der Waals surface area contributed by atoms with Crippen molar-refractivity contribution < 1.29 is 23.1 Å². The SMILES string of the molecule is O=C(NC1(C(=O)O)CCCCC1)c1cccc(S(=O)(=O)NCC2CC2)c1. The molecule has 142 valence electrons. The number of hydrogen-bond donors (Lipinski definition) is 3. The van der Waals surface area contributed by atoms with Crippen LogP contribution >= 0.6 is 0 Å². The molecule has 2 saturated carbocycles. The molecular formula is C18H24N2O5S. The number of nitrogens with one attached hydrogen (secondary N) is 2. The first-order chi connectivity index (χ1) is 12.3. The van der Waals surface area contributed by atoms with Gasteiger partial charge in [0.2, 0.25) is 10.0 Å². The van der Waals surface area contributed by atoms with Gasteiger partial charge in [-0.15, -0.1) is 0 Å². The molecule has 1 amide bonds. The van der Waals surface area contributed by atoms with Crippen molar-refractivity contribution in [2.24, 2.45) is 5.92 Å². The molecule has 7 nitrogen and oxygen atoms in total. The number of carbonyl (C=O) groups excluding carboxylic acids is 1. The molecule has 1 aromatic carbocycles. The van der Waals surface area contributed by atoms with E-state index in [1.807, 2.05) is 0 Å². The van der Waals surface area contributed by atoms with E-state index in [9.17, 15) is 23.1 Å². The molecule has 0 unspecified atom stereocenters. The molecule has 3 N–H and O–H groups in total. The van der Waals surface area contributed by atoms with Gasteiger partial charge in [0, 0.05) is 12.1 Å². The maximum Gasteiger partial charge on any atom is 0.329 e. The minimum Gasteiger partial charge on any atom is -0.480 e. The van der Waals surface area contributed by atoms with Crippen LogP contribution in [0, 0.1) is 5.92 Å². The van der Waals surface area contributed by atoms with Crippen LogP contribution < -0.4 is 10.0 Å². The van der Waals surface area contributed by atoms with Gasteiger partial charge in [-0.1, -0.05) is 25.3 Å². The van der Waals surface area contributed by atoms with Crippen molar-refractivity contribution >= 4 is 21.9 Å². The predicted octanol–water partition coefficient (Wildman–Crippen LogP) is 1.89. The van der Waals surface area contributed by atoms with E-state index in [1.54, 1.807) is 0 Å². The maximum atomic E-state index is 12.6. The summed E-state index contributed by atoms with van der Waals surface area (Å²) < 4.78 is 27.3. The first kappa shape index (κ1) is 18.8. The summed E-state index contributed by atoms with van der Waals surface area (Å²) in [7, 11) is -3.68. The third kappa shape index (κ3) is 4.24. The Kier molecular flexibility index (Phi) is 5.34. The first-order valence-corrected chi connectivity index (χ1v) is 10.5. The molecule has 0 bridgehead atoms. The number of aliphatic carboxylic acids is 1. The summed E-state index contributed by atoms with van der Waals surface area (Å²) >= 11 is 0. The summed E-state index contributed by atoms with van der Waals surface area (Å²) in [4.78, 5) is 24.3. The van der Waals surface area contributed by atoms with Crippen LogP contribution in [0.15, 0.2) is 29.2 Å². The van der Waals surface area contributed by atoms with E-state index in [1.165, 1.54) is 24.3 Å². The molecule has 8 heteroatoms. The number of carbonyl (C=O) groups is 2. The quantitative estimate of drug-likeness (QED) is 0.669.